The summed E-state index contributed by atoms with van der Waals surface area (Å²) in [4.78, 5) is 23.0. The standard InChI is InChI=1S/C15H21N3O3/c1-3-10-4-5-11(8-13(10)18(20)21)14(19)17-15(2,9-16)12-6-7-12/h4-5,8,12H,3,6-7,9,16H2,1-2H3,(H,17,19). The molecule has 1 aromatic carbocycles. The molecule has 0 saturated heterocycles. The maximum Gasteiger partial charge on any atom is 0.273 e. The van der Waals surface area contributed by atoms with Crippen LogP contribution < -0.4 is 11.1 Å². The van der Waals surface area contributed by atoms with E-state index in [0.717, 1.165) is 12.8 Å². The fraction of sp³-hybridized carbons (Fsp3) is 0.533. The number of nitrogens with zero attached hydrogens (tertiary/aromatic N) is 1. The second-order valence-corrected chi connectivity index (χ2v) is 5.80. The van der Waals surface area contributed by atoms with Crippen molar-refractivity contribution >= 4 is 11.6 Å². The predicted molar refractivity (Wildman–Crippen MR) is 80.1 cm³/mol. The highest BCUT2D eigenvalue weighted by Crippen LogP contribution is 2.39. The zero-order chi connectivity index (χ0) is 15.6. The number of rotatable bonds is 6. The number of nitro groups is 1. The molecule has 6 nitrogen and oxygen atoms in total. The third-order valence-corrected chi connectivity index (χ3v) is 4.23. The lowest BCUT2D eigenvalue weighted by Crippen LogP contribution is -2.53. The van der Waals surface area contributed by atoms with Crippen LogP contribution in [-0.4, -0.2) is 22.9 Å². The van der Waals surface area contributed by atoms with E-state index in [0.29, 0.717) is 30.0 Å². The molecule has 0 aromatic heterocycles. The SMILES string of the molecule is CCc1ccc(C(=O)NC(C)(CN)C2CC2)cc1[N+](=O)[O-]. The summed E-state index contributed by atoms with van der Waals surface area (Å²) < 4.78 is 0. The minimum absolute atomic E-state index is 0.00831. The number of benzene rings is 1. The molecule has 1 unspecified atom stereocenters. The number of aryl methyl sites for hydroxylation is 1. The summed E-state index contributed by atoms with van der Waals surface area (Å²) in [6.45, 7) is 4.14. The van der Waals surface area contributed by atoms with E-state index in [-0.39, 0.29) is 11.6 Å². The van der Waals surface area contributed by atoms with Gasteiger partial charge in [-0.1, -0.05) is 13.0 Å². The van der Waals surface area contributed by atoms with Crippen molar-refractivity contribution in [1.82, 2.24) is 5.32 Å². The van der Waals surface area contributed by atoms with Crippen molar-refractivity contribution in [2.75, 3.05) is 6.54 Å². The highest BCUT2D eigenvalue weighted by atomic mass is 16.6. The summed E-state index contributed by atoms with van der Waals surface area (Å²) in [5, 5.41) is 14.0. The van der Waals surface area contributed by atoms with E-state index in [1.54, 1.807) is 12.1 Å². The van der Waals surface area contributed by atoms with E-state index in [2.05, 4.69) is 5.32 Å². The van der Waals surface area contributed by atoms with Gasteiger partial charge in [0.15, 0.2) is 0 Å². The van der Waals surface area contributed by atoms with Crippen molar-refractivity contribution in [2.24, 2.45) is 11.7 Å². The molecule has 0 radical (unpaired) electrons. The van der Waals surface area contributed by atoms with Crippen molar-refractivity contribution in [1.29, 1.82) is 0 Å². The molecule has 1 atom stereocenters. The van der Waals surface area contributed by atoms with Crippen LogP contribution in [0.3, 0.4) is 0 Å². The zero-order valence-electron chi connectivity index (χ0n) is 12.4. The molecule has 0 spiro atoms. The number of amides is 1. The van der Waals surface area contributed by atoms with Gasteiger partial charge in [0, 0.05) is 23.7 Å². The van der Waals surface area contributed by atoms with Crippen LogP contribution in [0.5, 0.6) is 0 Å². The van der Waals surface area contributed by atoms with Crippen LogP contribution in [0.15, 0.2) is 18.2 Å². The Hall–Kier alpha value is -1.95. The van der Waals surface area contributed by atoms with Gasteiger partial charge in [-0.15, -0.1) is 0 Å². The normalized spacial score (nSPS) is 17.1. The first kappa shape index (κ1) is 15.4. The quantitative estimate of drug-likeness (QED) is 0.618. The zero-order valence-corrected chi connectivity index (χ0v) is 12.4. The molecule has 1 saturated carbocycles. The van der Waals surface area contributed by atoms with E-state index >= 15 is 0 Å². The van der Waals surface area contributed by atoms with Crippen molar-refractivity contribution in [2.45, 2.75) is 38.6 Å². The molecule has 1 fully saturated rings. The first-order chi connectivity index (χ1) is 9.91. The minimum Gasteiger partial charge on any atom is -0.345 e. The van der Waals surface area contributed by atoms with E-state index in [9.17, 15) is 14.9 Å². The Labute approximate surface area is 123 Å². The van der Waals surface area contributed by atoms with Gasteiger partial charge in [0.2, 0.25) is 0 Å². The second-order valence-electron chi connectivity index (χ2n) is 5.80. The van der Waals surface area contributed by atoms with Gasteiger partial charge < -0.3 is 11.1 Å². The summed E-state index contributed by atoms with van der Waals surface area (Å²) >= 11 is 0. The maximum atomic E-state index is 12.3. The molecule has 3 N–H and O–H groups in total. The highest BCUT2D eigenvalue weighted by molar-refractivity contribution is 5.95. The molecule has 1 aliphatic rings. The lowest BCUT2D eigenvalue weighted by atomic mass is 9.95. The van der Waals surface area contributed by atoms with Gasteiger partial charge in [0.1, 0.15) is 0 Å². The van der Waals surface area contributed by atoms with Gasteiger partial charge in [-0.3, -0.25) is 14.9 Å². The van der Waals surface area contributed by atoms with E-state index in [1.165, 1.54) is 6.07 Å². The van der Waals surface area contributed by atoms with Crippen molar-refractivity contribution < 1.29 is 9.72 Å². The largest absolute Gasteiger partial charge is 0.345 e. The molecule has 0 heterocycles. The number of nitrogens with two attached hydrogens (primary N) is 1. The molecular weight excluding hydrogens is 270 g/mol. The third kappa shape index (κ3) is 3.21. The number of hydrogen-bond donors (Lipinski definition) is 2. The topological polar surface area (TPSA) is 98.3 Å². The number of nitro benzene ring substituents is 1. The molecule has 0 bridgehead atoms. The third-order valence-electron chi connectivity index (χ3n) is 4.23. The Bertz CT molecular complexity index is 569. The van der Waals surface area contributed by atoms with Gasteiger partial charge in [-0.2, -0.15) is 0 Å². The van der Waals surface area contributed by atoms with Gasteiger partial charge in [-0.05, 0) is 38.2 Å². The summed E-state index contributed by atoms with van der Waals surface area (Å²) in [5.74, 6) is 0.0944. The Morgan fingerprint density at radius 2 is 2.19 bits per heavy atom. The molecule has 6 heteroatoms. The Kier molecular flexibility index (Phi) is 4.27. The Morgan fingerprint density at radius 1 is 1.52 bits per heavy atom. The van der Waals surface area contributed by atoms with Crippen LogP contribution in [0.25, 0.3) is 0 Å². The molecule has 1 amide bonds. The van der Waals surface area contributed by atoms with Crippen LogP contribution in [0, 0.1) is 16.0 Å². The Morgan fingerprint density at radius 3 is 2.67 bits per heavy atom. The minimum atomic E-state index is -0.446. The molecule has 21 heavy (non-hydrogen) atoms. The number of hydrogen-bond acceptors (Lipinski definition) is 4. The maximum absolute atomic E-state index is 12.3. The smallest absolute Gasteiger partial charge is 0.273 e. The lowest BCUT2D eigenvalue weighted by Gasteiger charge is -2.29. The average molecular weight is 291 g/mol. The first-order valence-electron chi connectivity index (χ1n) is 7.21. The Balaban J connectivity index is 2.23. The summed E-state index contributed by atoms with van der Waals surface area (Å²) in [6, 6.07) is 4.62. The first-order valence-corrected chi connectivity index (χ1v) is 7.21. The van der Waals surface area contributed by atoms with Crippen LogP contribution in [0.4, 0.5) is 5.69 Å². The fourth-order valence-electron chi connectivity index (χ4n) is 2.55. The molecule has 1 aromatic rings. The number of carbonyl (C=O) groups excluding carboxylic acids is 1. The molecular formula is C15H21N3O3. The lowest BCUT2D eigenvalue weighted by molar-refractivity contribution is -0.385. The molecule has 2 rings (SSSR count). The van der Waals surface area contributed by atoms with Crippen LogP contribution in [0.1, 0.15) is 42.6 Å². The van der Waals surface area contributed by atoms with Crippen molar-refractivity contribution in [3.05, 3.63) is 39.4 Å². The highest BCUT2D eigenvalue weighted by Gasteiger charge is 2.41. The monoisotopic (exact) mass is 291 g/mol. The van der Waals surface area contributed by atoms with Crippen LogP contribution in [-0.2, 0) is 6.42 Å². The average Bonchev–Trinajstić information content (AvgIpc) is 3.31. The van der Waals surface area contributed by atoms with Gasteiger partial charge in [0.05, 0.1) is 10.5 Å². The molecule has 1 aliphatic carbocycles. The summed E-state index contributed by atoms with van der Waals surface area (Å²) in [5.41, 5.74) is 6.26. The van der Waals surface area contributed by atoms with Crippen LogP contribution >= 0.6 is 0 Å². The summed E-state index contributed by atoms with van der Waals surface area (Å²) in [7, 11) is 0. The van der Waals surface area contributed by atoms with Crippen LogP contribution in [0.2, 0.25) is 0 Å². The van der Waals surface area contributed by atoms with E-state index < -0.39 is 10.5 Å². The molecule has 114 valence electrons. The predicted octanol–water partition coefficient (Wildman–Crippen LogP) is 2.01. The van der Waals surface area contributed by atoms with E-state index in [1.807, 2.05) is 13.8 Å². The van der Waals surface area contributed by atoms with Gasteiger partial charge in [0.25, 0.3) is 11.6 Å². The van der Waals surface area contributed by atoms with Gasteiger partial charge >= 0.3 is 0 Å². The number of nitrogens with one attached hydrogen (secondary N) is 1. The second kappa shape index (κ2) is 5.81. The van der Waals surface area contributed by atoms with Crippen molar-refractivity contribution in [3.63, 3.8) is 0 Å². The summed E-state index contributed by atoms with van der Waals surface area (Å²) in [6.07, 6.45) is 2.67. The van der Waals surface area contributed by atoms with E-state index in [4.69, 9.17) is 5.73 Å². The number of carbonyl (C=O) groups is 1. The fourth-order valence-corrected chi connectivity index (χ4v) is 2.55. The van der Waals surface area contributed by atoms with Crippen molar-refractivity contribution in [3.8, 4) is 0 Å². The molecule has 0 aliphatic heterocycles. The van der Waals surface area contributed by atoms with Gasteiger partial charge in [-0.25, -0.2) is 0 Å².